The van der Waals surface area contributed by atoms with Crippen molar-refractivity contribution < 1.29 is 0 Å². The average molecular weight is 286 g/mol. The van der Waals surface area contributed by atoms with Crippen molar-refractivity contribution in [2.24, 2.45) is 0 Å². The summed E-state index contributed by atoms with van der Waals surface area (Å²) in [6.07, 6.45) is 2.07. The molecule has 0 radical (unpaired) electrons. The molecular weight excluding hydrogens is 274 g/mol. The van der Waals surface area contributed by atoms with Crippen LogP contribution in [-0.2, 0) is 0 Å². The molecule has 3 aromatic rings. The molecule has 3 heteroatoms. The fourth-order valence-corrected chi connectivity index (χ4v) is 2.78. The van der Waals surface area contributed by atoms with Gasteiger partial charge in [-0.05, 0) is 36.1 Å². The van der Waals surface area contributed by atoms with E-state index < -0.39 is 0 Å². The Morgan fingerprint density at radius 3 is 2.53 bits per heavy atom. The van der Waals surface area contributed by atoms with E-state index in [-0.39, 0.29) is 0 Å². The van der Waals surface area contributed by atoms with Crippen LogP contribution in [0.15, 0.2) is 59.5 Å². The summed E-state index contributed by atoms with van der Waals surface area (Å²) >= 11 is 8.02. The van der Waals surface area contributed by atoms with Crippen LogP contribution in [0.3, 0.4) is 0 Å². The molecule has 2 aromatic carbocycles. The van der Waals surface area contributed by atoms with E-state index in [1.165, 1.54) is 4.90 Å². The Morgan fingerprint density at radius 1 is 1.00 bits per heavy atom. The fraction of sp³-hybridized carbons (Fsp3) is 0.0625. The molecule has 0 aliphatic rings. The van der Waals surface area contributed by atoms with E-state index in [9.17, 15) is 0 Å². The number of benzene rings is 2. The van der Waals surface area contributed by atoms with Crippen molar-refractivity contribution in [2.75, 3.05) is 6.26 Å². The van der Waals surface area contributed by atoms with Crippen molar-refractivity contribution >= 4 is 34.3 Å². The van der Waals surface area contributed by atoms with Crippen LogP contribution in [0.5, 0.6) is 0 Å². The lowest BCUT2D eigenvalue weighted by molar-refractivity contribution is 1.38. The molecule has 0 saturated carbocycles. The summed E-state index contributed by atoms with van der Waals surface area (Å²) < 4.78 is 0. The highest BCUT2D eigenvalue weighted by molar-refractivity contribution is 7.98. The lowest BCUT2D eigenvalue weighted by Crippen LogP contribution is -1.86. The van der Waals surface area contributed by atoms with Crippen molar-refractivity contribution in [3.05, 3.63) is 59.8 Å². The topological polar surface area (TPSA) is 12.9 Å². The van der Waals surface area contributed by atoms with E-state index in [1.807, 2.05) is 36.4 Å². The second-order valence-electron chi connectivity index (χ2n) is 4.25. The number of rotatable bonds is 2. The maximum Gasteiger partial charge on any atom is 0.137 e. The minimum absolute atomic E-state index is 0.551. The number of thioether (sulfide) groups is 1. The highest BCUT2D eigenvalue weighted by atomic mass is 35.5. The average Bonchev–Trinajstić information content (AvgIpc) is 2.47. The van der Waals surface area contributed by atoms with Crippen LogP contribution in [0.25, 0.3) is 22.0 Å². The SMILES string of the molecule is CSc1ccc2nc(Cl)c(-c3ccccc3)cc2c1. The molecule has 1 nitrogen and oxygen atoms in total. The second-order valence-corrected chi connectivity index (χ2v) is 5.49. The van der Waals surface area contributed by atoms with Gasteiger partial charge in [0.1, 0.15) is 5.15 Å². The molecule has 0 N–H and O–H groups in total. The Balaban J connectivity index is 2.23. The molecular formula is C16H12ClNS. The van der Waals surface area contributed by atoms with Gasteiger partial charge in [0.2, 0.25) is 0 Å². The van der Waals surface area contributed by atoms with Crippen LogP contribution in [0.4, 0.5) is 0 Å². The first-order valence-corrected chi connectivity index (χ1v) is 7.58. The third-order valence-corrected chi connectivity index (χ3v) is 4.07. The quantitative estimate of drug-likeness (QED) is 0.469. The number of hydrogen-bond donors (Lipinski definition) is 0. The first-order valence-electron chi connectivity index (χ1n) is 5.97. The van der Waals surface area contributed by atoms with Crippen LogP contribution in [0.1, 0.15) is 0 Å². The first kappa shape index (κ1) is 12.5. The summed E-state index contributed by atoms with van der Waals surface area (Å²) in [5, 5.41) is 1.67. The summed E-state index contributed by atoms with van der Waals surface area (Å²) in [7, 11) is 0. The number of nitrogens with zero attached hydrogens (tertiary/aromatic N) is 1. The molecule has 0 aliphatic carbocycles. The van der Waals surface area contributed by atoms with Crippen LogP contribution in [0.2, 0.25) is 5.15 Å². The normalized spacial score (nSPS) is 10.8. The Morgan fingerprint density at radius 2 is 1.79 bits per heavy atom. The van der Waals surface area contributed by atoms with Crippen LogP contribution >= 0.6 is 23.4 Å². The smallest absolute Gasteiger partial charge is 0.137 e. The summed E-state index contributed by atoms with van der Waals surface area (Å²) in [5.41, 5.74) is 3.01. The highest BCUT2D eigenvalue weighted by Crippen LogP contribution is 2.31. The molecule has 19 heavy (non-hydrogen) atoms. The Bertz CT molecular complexity index is 725. The van der Waals surface area contributed by atoms with Gasteiger partial charge in [0.25, 0.3) is 0 Å². The van der Waals surface area contributed by atoms with Gasteiger partial charge in [-0.25, -0.2) is 4.98 Å². The number of pyridine rings is 1. The maximum atomic E-state index is 6.30. The standard InChI is InChI=1S/C16H12ClNS/c1-19-13-7-8-15-12(9-13)10-14(16(17)18-15)11-5-3-2-4-6-11/h2-10H,1H3. The molecule has 1 heterocycles. The van der Waals surface area contributed by atoms with E-state index in [4.69, 9.17) is 11.6 Å². The molecule has 3 rings (SSSR count). The Hall–Kier alpha value is -1.51. The van der Waals surface area contributed by atoms with Crippen LogP contribution in [0, 0.1) is 0 Å². The minimum atomic E-state index is 0.551. The predicted octanol–water partition coefficient (Wildman–Crippen LogP) is 5.28. The van der Waals surface area contributed by atoms with Crippen molar-refractivity contribution in [1.29, 1.82) is 0 Å². The van der Waals surface area contributed by atoms with E-state index in [1.54, 1.807) is 11.8 Å². The Labute approximate surface area is 121 Å². The van der Waals surface area contributed by atoms with Crippen molar-refractivity contribution in [3.63, 3.8) is 0 Å². The number of halogens is 1. The summed E-state index contributed by atoms with van der Waals surface area (Å²) in [4.78, 5) is 5.72. The molecule has 94 valence electrons. The molecule has 0 aliphatic heterocycles. The molecule has 0 bridgehead atoms. The zero-order chi connectivity index (χ0) is 13.2. The number of aromatic nitrogens is 1. The maximum absolute atomic E-state index is 6.30. The second kappa shape index (κ2) is 5.24. The van der Waals surface area contributed by atoms with E-state index in [0.717, 1.165) is 22.0 Å². The van der Waals surface area contributed by atoms with E-state index >= 15 is 0 Å². The van der Waals surface area contributed by atoms with Crippen LogP contribution in [-0.4, -0.2) is 11.2 Å². The first-order chi connectivity index (χ1) is 9.28. The van der Waals surface area contributed by atoms with E-state index in [2.05, 4.69) is 29.4 Å². The third kappa shape index (κ3) is 2.46. The summed E-state index contributed by atoms with van der Waals surface area (Å²) in [6.45, 7) is 0. The molecule has 0 atom stereocenters. The molecule has 0 amide bonds. The minimum Gasteiger partial charge on any atom is -0.235 e. The predicted molar refractivity (Wildman–Crippen MR) is 84.0 cm³/mol. The van der Waals surface area contributed by atoms with Gasteiger partial charge in [-0.15, -0.1) is 11.8 Å². The van der Waals surface area contributed by atoms with Crippen molar-refractivity contribution in [2.45, 2.75) is 4.90 Å². The molecule has 0 fully saturated rings. The fourth-order valence-electron chi connectivity index (χ4n) is 2.08. The van der Waals surface area contributed by atoms with Gasteiger partial charge in [-0.3, -0.25) is 0 Å². The molecule has 1 aromatic heterocycles. The van der Waals surface area contributed by atoms with Gasteiger partial charge in [-0.2, -0.15) is 0 Å². The number of fused-ring (bicyclic) bond motifs is 1. The largest absolute Gasteiger partial charge is 0.235 e. The molecule has 0 unspecified atom stereocenters. The number of hydrogen-bond acceptors (Lipinski definition) is 2. The molecule has 0 spiro atoms. The summed E-state index contributed by atoms with van der Waals surface area (Å²) in [6, 6.07) is 18.5. The highest BCUT2D eigenvalue weighted by Gasteiger charge is 2.07. The Kier molecular flexibility index (Phi) is 3.45. The van der Waals surface area contributed by atoms with Gasteiger partial charge in [0.15, 0.2) is 0 Å². The van der Waals surface area contributed by atoms with Crippen molar-refractivity contribution in [1.82, 2.24) is 4.98 Å². The zero-order valence-corrected chi connectivity index (χ0v) is 12.0. The lowest BCUT2D eigenvalue weighted by atomic mass is 10.1. The van der Waals surface area contributed by atoms with Crippen LogP contribution < -0.4 is 0 Å². The lowest BCUT2D eigenvalue weighted by Gasteiger charge is -2.07. The van der Waals surface area contributed by atoms with Gasteiger partial charge in [0, 0.05) is 15.8 Å². The van der Waals surface area contributed by atoms with Gasteiger partial charge >= 0.3 is 0 Å². The van der Waals surface area contributed by atoms with Crippen molar-refractivity contribution in [3.8, 4) is 11.1 Å². The summed E-state index contributed by atoms with van der Waals surface area (Å²) in [5.74, 6) is 0. The van der Waals surface area contributed by atoms with Gasteiger partial charge in [-0.1, -0.05) is 41.9 Å². The van der Waals surface area contributed by atoms with Gasteiger partial charge < -0.3 is 0 Å². The zero-order valence-electron chi connectivity index (χ0n) is 10.4. The monoisotopic (exact) mass is 285 g/mol. The third-order valence-electron chi connectivity index (χ3n) is 3.06. The molecule has 0 saturated heterocycles. The van der Waals surface area contributed by atoms with E-state index in [0.29, 0.717) is 5.15 Å². The van der Waals surface area contributed by atoms with Gasteiger partial charge in [0.05, 0.1) is 5.52 Å².